The van der Waals surface area contributed by atoms with Gasteiger partial charge in [0.15, 0.2) is 5.69 Å². The molecule has 2 aromatic carbocycles. The molecule has 0 atom stereocenters. The molecule has 208 valence electrons. The average Bonchev–Trinajstić information content (AvgIpc) is 3.24. The van der Waals surface area contributed by atoms with E-state index in [-0.39, 0.29) is 11.8 Å². The van der Waals surface area contributed by atoms with E-state index < -0.39 is 17.5 Å². The monoisotopic (exact) mass is 542 g/mol. The Hall–Kier alpha value is -4.47. The fourth-order valence-electron chi connectivity index (χ4n) is 5.05. The minimum atomic E-state index is -0.589. The molecule has 1 aliphatic carbocycles. The molecule has 0 fully saturated rings. The molecule has 40 heavy (non-hydrogen) atoms. The third-order valence-electron chi connectivity index (χ3n) is 6.98. The van der Waals surface area contributed by atoms with Gasteiger partial charge in [-0.25, -0.2) is 15.0 Å². The van der Waals surface area contributed by atoms with Crippen molar-refractivity contribution in [2.24, 2.45) is 0 Å². The van der Waals surface area contributed by atoms with Gasteiger partial charge in [-0.2, -0.15) is 0 Å². The Balaban J connectivity index is 1.17. The highest BCUT2D eigenvalue weighted by molar-refractivity contribution is 5.96. The second-order valence-electron chi connectivity index (χ2n) is 11.1. The molecule has 0 bridgehead atoms. The zero-order valence-corrected chi connectivity index (χ0v) is 23.0. The number of hydrazine groups is 1. The van der Waals surface area contributed by atoms with Crippen LogP contribution in [0.3, 0.4) is 0 Å². The van der Waals surface area contributed by atoms with Crippen LogP contribution in [-0.4, -0.2) is 51.8 Å². The Labute approximate surface area is 233 Å². The van der Waals surface area contributed by atoms with Gasteiger partial charge in [-0.3, -0.25) is 10.2 Å². The first-order valence-corrected chi connectivity index (χ1v) is 13.6. The van der Waals surface area contributed by atoms with Gasteiger partial charge in [0.1, 0.15) is 5.60 Å². The van der Waals surface area contributed by atoms with E-state index in [4.69, 9.17) is 4.74 Å². The van der Waals surface area contributed by atoms with E-state index in [1.165, 1.54) is 5.56 Å². The quantitative estimate of drug-likeness (QED) is 0.411. The molecule has 1 aliphatic heterocycles. The number of nitrogens with zero attached hydrogens (tertiary/aromatic N) is 3. The average molecular weight is 543 g/mol. The van der Waals surface area contributed by atoms with Crippen LogP contribution < -0.4 is 16.2 Å². The summed E-state index contributed by atoms with van der Waals surface area (Å²) in [6.45, 7) is 6.65. The van der Waals surface area contributed by atoms with Crippen LogP contribution >= 0.6 is 0 Å². The van der Waals surface area contributed by atoms with Gasteiger partial charge < -0.3 is 15.0 Å². The van der Waals surface area contributed by atoms with Crippen molar-refractivity contribution in [3.05, 3.63) is 76.5 Å². The number of carbonyl (C=O) groups excluding carboxylic acids is 3. The molecular formula is C30H34N6O4. The van der Waals surface area contributed by atoms with E-state index in [0.29, 0.717) is 31.6 Å². The Bertz CT molecular complexity index is 1450. The van der Waals surface area contributed by atoms with Crippen molar-refractivity contribution in [2.75, 3.05) is 18.4 Å². The van der Waals surface area contributed by atoms with E-state index in [0.717, 1.165) is 47.2 Å². The maximum absolute atomic E-state index is 12.7. The Kier molecular flexibility index (Phi) is 7.68. The number of hydrogen-bond acceptors (Lipinski definition) is 6. The molecule has 10 heteroatoms. The van der Waals surface area contributed by atoms with E-state index in [2.05, 4.69) is 32.4 Å². The lowest BCUT2D eigenvalue weighted by atomic mass is 10.0. The number of fused-ring (bicyclic) bond motifs is 4. The van der Waals surface area contributed by atoms with Crippen molar-refractivity contribution >= 4 is 23.7 Å². The fourth-order valence-corrected chi connectivity index (χ4v) is 5.05. The first-order valence-electron chi connectivity index (χ1n) is 13.6. The van der Waals surface area contributed by atoms with Gasteiger partial charge >= 0.3 is 12.1 Å². The van der Waals surface area contributed by atoms with Gasteiger partial charge in [0, 0.05) is 24.3 Å². The number of aryl methyl sites for hydroxylation is 2. The predicted octanol–water partition coefficient (Wildman–Crippen LogP) is 4.43. The van der Waals surface area contributed by atoms with Gasteiger partial charge in [-0.1, -0.05) is 30.3 Å². The summed E-state index contributed by atoms with van der Waals surface area (Å²) in [7, 11) is 0. The number of aromatic nitrogens is 2. The molecule has 3 N–H and O–H groups in total. The molecule has 4 amide bonds. The van der Waals surface area contributed by atoms with E-state index in [9.17, 15) is 14.4 Å². The van der Waals surface area contributed by atoms with Crippen LogP contribution in [0.1, 0.15) is 59.9 Å². The normalized spacial score (nSPS) is 14.4. The van der Waals surface area contributed by atoms with Crippen molar-refractivity contribution in [3.8, 4) is 11.3 Å². The number of amides is 4. The summed E-state index contributed by atoms with van der Waals surface area (Å²) < 4.78 is 5.51. The second-order valence-corrected chi connectivity index (χ2v) is 11.1. The minimum absolute atomic E-state index is 0.137. The summed E-state index contributed by atoms with van der Waals surface area (Å²) in [5.74, 6) is -0.549. The highest BCUT2D eigenvalue weighted by atomic mass is 16.6. The standard InChI is InChI=1S/C30H34N6O4/c1-30(2,3)40-29(39)36-15-13-19-11-12-23(17-21(19)14-16-36)31-28(38)35-34-27(37)25-18-22-9-6-8-20-7-4-5-10-24(20)26(22)33-32-25/h4-5,7,10-12,17-18H,6,8-9,13-16H2,1-3H3,(H,34,37)(H2,31,35,38). The first kappa shape index (κ1) is 27.1. The van der Waals surface area contributed by atoms with Crippen molar-refractivity contribution in [3.63, 3.8) is 0 Å². The molecule has 10 nitrogen and oxygen atoms in total. The number of rotatable bonds is 2. The Morgan fingerprint density at radius 2 is 1.57 bits per heavy atom. The van der Waals surface area contributed by atoms with Crippen LogP contribution in [0, 0.1) is 0 Å². The largest absolute Gasteiger partial charge is 0.444 e. The fraction of sp³-hybridized carbons (Fsp3) is 0.367. The van der Waals surface area contributed by atoms with Crippen molar-refractivity contribution in [1.29, 1.82) is 0 Å². The van der Waals surface area contributed by atoms with Gasteiger partial charge in [0.05, 0.1) is 5.69 Å². The van der Waals surface area contributed by atoms with Crippen LogP contribution in [0.5, 0.6) is 0 Å². The first-order chi connectivity index (χ1) is 19.2. The number of nitrogens with one attached hydrogen (secondary N) is 3. The maximum Gasteiger partial charge on any atom is 0.410 e. The lowest BCUT2D eigenvalue weighted by molar-refractivity contribution is 0.0258. The molecule has 0 unspecified atom stereocenters. The van der Waals surface area contributed by atoms with Gasteiger partial charge in [-0.05, 0) is 93.3 Å². The zero-order valence-electron chi connectivity index (χ0n) is 23.0. The molecule has 0 spiro atoms. The van der Waals surface area contributed by atoms with Gasteiger partial charge in [-0.15, -0.1) is 10.2 Å². The SMILES string of the molecule is CC(C)(C)OC(=O)N1CCc2ccc(NC(=O)NNC(=O)c3cc4c(nn3)-c3ccccc3CCC4)cc2CC1. The lowest BCUT2D eigenvalue weighted by Gasteiger charge is -2.26. The Morgan fingerprint density at radius 1 is 0.825 bits per heavy atom. The molecule has 5 rings (SSSR count). The van der Waals surface area contributed by atoms with Crippen molar-refractivity contribution in [1.82, 2.24) is 25.9 Å². The molecule has 2 heterocycles. The smallest absolute Gasteiger partial charge is 0.410 e. The second kappa shape index (κ2) is 11.3. The van der Waals surface area contributed by atoms with Crippen LogP contribution in [-0.2, 0) is 30.4 Å². The van der Waals surface area contributed by atoms with E-state index in [1.54, 1.807) is 17.0 Å². The number of hydrogen-bond donors (Lipinski definition) is 3. The molecule has 0 saturated heterocycles. The van der Waals surface area contributed by atoms with E-state index in [1.807, 2.05) is 51.1 Å². The number of benzene rings is 2. The highest BCUT2D eigenvalue weighted by Gasteiger charge is 2.24. The van der Waals surface area contributed by atoms with Crippen LogP contribution in [0.2, 0.25) is 0 Å². The molecular weight excluding hydrogens is 508 g/mol. The number of ether oxygens (including phenoxy) is 1. The molecule has 0 saturated carbocycles. The van der Waals surface area contributed by atoms with Crippen LogP contribution in [0.25, 0.3) is 11.3 Å². The zero-order chi connectivity index (χ0) is 28.3. The number of urea groups is 1. The summed E-state index contributed by atoms with van der Waals surface area (Å²) in [6.07, 6.45) is 3.71. The summed E-state index contributed by atoms with van der Waals surface area (Å²) in [4.78, 5) is 39.5. The van der Waals surface area contributed by atoms with Crippen LogP contribution in [0.4, 0.5) is 15.3 Å². The van der Waals surface area contributed by atoms with Crippen molar-refractivity contribution < 1.29 is 19.1 Å². The van der Waals surface area contributed by atoms with Gasteiger partial charge in [0.25, 0.3) is 5.91 Å². The summed E-state index contributed by atoms with van der Waals surface area (Å²) in [5, 5.41) is 11.2. The molecule has 3 aromatic rings. The third-order valence-corrected chi connectivity index (χ3v) is 6.98. The number of anilines is 1. The molecule has 2 aliphatic rings. The summed E-state index contributed by atoms with van der Waals surface area (Å²) >= 11 is 0. The molecule has 1 aromatic heterocycles. The van der Waals surface area contributed by atoms with Crippen LogP contribution in [0.15, 0.2) is 48.5 Å². The van der Waals surface area contributed by atoms with Crippen molar-refractivity contribution in [2.45, 2.75) is 58.5 Å². The van der Waals surface area contributed by atoms with Gasteiger partial charge in [0.2, 0.25) is 0 Å². The maximum atomic E-state index is 12.7. The topological polar surface area (TPSA) is 126 Å². The lowest BCUT2D eigenvalue weighted by Crippen LogP contribution is -2.44. The summed E-state index contributed by atoms with van der Waals surface area (Å²) in [6, 6.07) is 14.9. The number of carbonyl (C=O) groups is 3. The molecule has 0 radical (unpaired) electrons. The minimum Gasteiger partial charge on any atom is -0.444 e. The highest BCUT2D eigenvalue weighted by Crippen LogP contribution is 2.30. The van der Waals surface area contributed by atoms with E-state index >= 15 is 0 Å². The Morgan fingerprint density at radius 3 is 2.38 bits per heavy atom. The third kappa shape index (κ3) is 6.39. The predicted molar refractivity (Wildman–Crippen MR) is 151 cm³/mol. The summed E-state index contributed by atoms with van der Waals surface area (Å²) in [5.41, 5.74) is 11.2.